The van der Waals surface area contributed by atoms with Crippen LogP contribution >= 0.6 is 0 Å². The molecule has 2 fully saturated rings. The van der Waals surface area contributed by atoms with Gasteiger partial charge in [-0.2, -0.15) is 0 Å². The van der Waals surface area contributed by atoms with Gasteiger partial charge in [-0.15, -0.1) is 0 Å². The monoisotopic (exact) mass is 518 g/mol. The summed E-state index contributed by atoms with van der Waals surface area (Å²) in [6.07, 6.45) is 1.82. The number of rotatable bonds is 5. The maximum Gasteiger partial charge on any atom is 0.410 e. The molecule has 2 saturated heterocycles. The normalized spacial score (nSPS) is 18.7. The van der Waals surface area contributed by atoms with Crippen LogP contribution in [0.5, 0.6) is 0 Å². The molecular weight excluding hydrogens is 485 g/mol. The van der Waals surface area contributed by atoms with Crippen LogP contribution in [0.25, 0.3) is 11.1 Å². The molecule has 1 aromatic carbocycles. The molecular formula is C27H33F3N4O3. The Kier molecular flexibility index (Phi) is 7.94. The van der Waals surface area contributed by atoms with Crippen LogP contribution in [-0.2, 0) is 9.53 Å². The number of aromatic nitrogens is 1. The molecule has 2 aromatic rings. The van der Waals surface area contributed by atoms with Crippen molar-refractivity contribution >= 4 is 23.5 Å². The third kappa shape index (κ3) is 6.72. The first kappa shape index (κ1) is 26.8. The van der Waals surface area contributed by atoms with Crippen molar-refractivity contribution in [1.82, 2.24) is 9.88 Å². The van der Waals surface area contributed by atoms with E-state index in [9.17, 15) is 22.8 Å². The predicted molar refractivity (Wildman–Crippen MR) is 135 cm³/mol. The second-order valence-corrected chi connectivity index (χ2v) is 10.7. The van der Waals surface area contributed by atoms with E-state index in [4.69, 9.17) is 4.74 Å². The average Bonchev–Trinajstić information content (AvgIpc) is 3.26. The van der Waals surface area contributed by atoms with Gasteiger partial charge in [0.05, 0.1) is 12.2 Å². The van der Waals surface area contributed by atoms with Crippen LogP contribution in [0.15, 0.2) is 30.5 Å². The highest BCUT2D eigenvalue weighted by Crippen LogP contribution is 2.38. The zero-order valence-electron chi connectivity index (χ0n) is 21.4. The number of carbonyl (C=O) groups excluding carboxylic acids is 2. The van der Waals surface area contributed by atoms with E-state index in [0.717, 1.165) is 18.2 Å². The van der Waals surface area contributed by atoms with Gasteiger partial charge < -0.3 is 19.9 Å². The first-order valence-electron chi connectivity index (χ1n) is 12.6. The number of hydrogen-bond acceptors (Lipinski definition) is 5. The first-order chi connectivity index (χ1) is 17.5. The lowest BCUT2D eigenvalue weighted by Crippen LogP contribution is -2.42. The van der Waals surface area contributed by atoms with E-state index in [-0.39, 0.29) is 47.7 Å². The number of anilines is 2. The van der Waals surface area contributed by atoms with E-state index in [2.05, 4.69) is 10.3 Å². The number of ether oxygens (including phenoxy) is 1. The summed E-state index contributed by atoms with van der Waals surface area (Å²) in [5.41, 5.74) is -0.0821. The molecule has 2 aliphatic heterocycles. The number of carbonyl (C=O) groups is 2. The highest BCUT2D eigenvalue weighted by Gasteiger charge is 2.30. The Labute approximate surface area is 215 Å². The van der Waals surface area contributed by atoms with Crippen LogP contribution in [0.4, 0.5) is 29.5 Å². The number of nitrogens with one attached hydrogen (secondary N) is 1. The van der Waals surface area contributed by atoms with E-state index >= 15 is 0 Å². The van der Waals surface area contributed by atoms with Crippen LogP contribution in [0.3, 0.4) is 0 Å². The van der Waals surface area contributed by atoms with Gasteiger partial charge in [-0.3, -0.25) is 4.79 Å². The zero-order chi connectivity index (χ0) is 26.7. The number of benzene rings is 1. The van der Waals surface area contributed by atoms with Crippen molar-refractivity contribution in [2.24, 2.45) is 5.92 Å². The van der Waals surface area contributed by atoms with Gasteiger partial charge in [0.25, 0.3) is 0 Å². The average molecular weight is 519 g/mol. The molecule has 200 valence electrons. The van der Waals surface area contributed by atoms with Gasteiger partial charge >= 0.3 is 6.09 Å². The Bertz CT molecular complexity index is 1150. The second-order valence-electron chi connectivity index (χ2n) is 10.7. The molecule has 1 aromatic heterocycles. The molecule has 1 N–H and O–H groups in total. The fraction of sp³-hybridized carbons (Fsp3) is 0.519. The minimum Gasteiger partial charge on any atom is -0.444 e. The van der Waals surface area contributed by atoms with E-state index in [1.807, 2.05) is 20.8 Å². The number of halogens is 3. The number of piperidine rings is 1. The van der Waals surface area contributed by atoms with Crippen LogP contribution in [-0.4, -0.2) is 59.8 Å². The third-order valence-corrected chi connectivity index (χ3v) is 6.58. The largest absolute Gasteiger partial charge is 0.444 e. The molecule has 3 heterocycles. The standard InChI is InChI=1S/C27H33F3N4O3/c1-27(2,3)37-26(36)33-11-7-17(8-12-33)14-23(35)32-24-20(21-15-18(28)4-5-22(21)30)6-10-31-25(24)34-13-9-19(29)16-34/h4-6,10,15,17,19H,7-9,11-14,16H2,1-3H3,(H,32,35)/t19-/m0/s1. The van der Waals surface area contributed by atoms with Gasteiger partial charge in [0.1, 0.15) is 23.4 Å². The predicted octanol–water partition coefficient (Wildman–Crippen LogP) is 5.55. The fourth-order valence-corrected chi connectivity index (χ4v) is 4.75. The van der Waals surface area contributed by atoms with Gasteiger partial charge in [-0.1, -0.05) is 0 Å². The summed E-state index contributed by atoms with van der Waals surface area (Å²) in [5.74, 6) is -1.20. The summed E-state index contributed by atoms with van der Waals surface area (Å²) in [7, 11) is 0. The van der Waals surface area contributed by atoms with Gasteiger partial charge in [-0.05, 0) is 70.2 Å². The summed E-state index contributed by atoms with van der Waals surface area (Å²) in [5, 5.41) is 2.87. The van der Waals surface area contributed by atoms with Gasteiger partial charge in [0.2, 0.25) is 5.91 Å². The molecule has 10 heteroatoms. The maximum absolute atomic E-state index is 14.7. The van der Waals surface area contributed by atoms with E-state index in [0.29, 0.717) is 44.7 Å². The molecule has 0 unspecified atom stereocenters. The minimum absolute atomic E-state index is 0.0133. The quantitative estimate of drug-likeness (QED) is 0.562. The van der Waals surface area contributed by atoms with Crippen molar-refractivity contribution in [2.75, 3.05) is 36.4 Å². The fourth-order valence-electron chi connectivity index (χ4n) is 4.75. The summed E-state index contributed by atoms with van der Waals surface area (Å²) in [6, 6.07) is 4.64. The molecule has 1 atom stereocenters. The maximum atomic E-state index is 14.7. The molecule has 2 aliphatic rings. The van der Waals surface area contributed by atoms with Gasteiger partial charge in [0, 0.05) is 43.4 Å². The Balaban J connectivity index is 1.50. The number of likely N-dealkylation sites (tertiary alicyclic amines) is 1. The second kappa shape index (κ2) is 11.0. The highest BCUT2D eigenvalue weighted by atomic mass is 19.1. The molecule has 2 amide bonds. The Morgan fingerprint density at radius 3 is 2.46 bits per heavy atom. The van der Waals surface area contributed by atoms with Crippen molar-refractivity contribution in [3.63, 3.8) is 0 Å². The summed E-state index contributed by atoms with van der Waals surface area (Å²) in [6.45, 7) is 6.91. The zero-order valence-corrected chi connectivity index (χ0v) is 21.4. The number of amides is 2. The highest BCUT2D eigenvalue weighted by molar-refractivity contribution is 5.99. The first-order valence-corrected chi connectivity index (χ1v) is 12.6. The number of pyridine rings is 1. The van der Waals surface area contributed by atoms with Crippen LogP contribution < -0.4 is 10.2 Å². The Hall–Kier alpha value is -3.30. The number of nitrogens with zero attached hydrogens (tertiary/aromatic N) is 3. The molecule has 37 heavy (non-hydrogen) atoms. The van der Waals surface area contributed by atoms with Crippen LogP contribution in [0.2, 0.25) is 0 Å². The molecule has 0 aliphatic carbocycles. The SMILES string of the molecule is CC(C)(C)OC(=O)N1CCC(CC(=O)Nc2c(-c3cc(F)ccc3F)ccnc2N2CC[C@H](F)C2)CC1. The molecule has 0 saturated carbocycles. The third-order valence-electron chi connectivity index (χ3n) is 6.58. The molecule has 0 radical (unpaired) electrons. The summed E-state index contributed by atoms with van der Waals surface area (Å²) in [4.78, 5) is 33.2. The molecule has 7 nitrogen and oxygen atoms in total. The van der Waals surface area contributed by atoms with Crippen LogP contribution in [0.1, 0.15) is 46.5 Å². The number of alkyl halides is 1. The van der Waals surface area contributed by atoms with Crippen molar-refractivity contribution in [2.45, 2.75) is 58.2 Å². The van der Waals surface area contributed by atoms with Crippen molar-refractivity contribution < 1.29 is 27.5 Å². The molecule has 0 bridgehead atoms. The Morgan fingerprint density at radius 2 is 1.81 bits per heavy atom. The Morgan fingerprint density at radius 1 is 1.08 bits per heavy atom. The van der Waals surface area contributed by atoms with Crippen LogP contribution in [0, 0.1) is 17.6 Å². The van der Waals surface area contributed by atoms with Crippen molar-refractivity contribution in [3.8, 4) is 11.1 Å². The molecule has 4 rings (SSSR count). The minimum atomic E-state index is -1.03. The topological polar surface area (TPSA) is 74.8 Å². The lowest BCUT2D eigenvalue weighted by Gasteiger charge is -2.33. The van der Waals surface area contributed by atoms with E-state index < -0.39 is 23.4 Å². The molecule has 0 spiro atoms. The number of hydrogen-bond donors (Lipinski definition) is 1. The van der Waals surface area contributed by atoms with Gasteiger partial charge in [0.15, 0.2) is 5.82 Å². The van der Waals surface area contributed by atoms with E-state index in [1.54, 1.807) is 9.80 Å². The lowest BCUT2D eigenvalue weighted by molar-refractivity contribution is -0.117. The smallest absolute Gasteiger partial charge is 0.410 e. The van der Waals surface area contributed by atoms with Crippen molar-refractivity contribution in [3.05, 3.63) is 42.1 Å². The van der Waals surface area contributed by atoms with Gasteiger partial charge in [-0.25, -0.2) is 22.9 Å². The lowest BCUT2D eigenvalue weighted by atomic mass is 9.93. The van der Waals surface area contributed by atoms with E-state index in [1.165, 1.54) is 12.3 Å². The van der Waals surface area contributed by atoms with Crippen molar-refractivity contribution in [1.29, 1.82) is 0 Å². The summed E-state index contributed by atoms with van der Waals surface area (Å²) < 4.78 is 48.1. The summed E-state index contributed by atoms with van der Waals surface area (Å²) >= 11 is 0.